The maximum atomic E-state index is 6.56. The van der Waals surface area contributed by atoms with E-state index in [0.717, 1.165) is 88.7 Å². The van der Waals surface area contributed by atoms with E-state index in [-0.39, 0.29) is 0 Å². The summed E-state index contributed by atoms with van der Waals surface area (Å²) in [5, 5.41) is 4.16. The van der Waals surface area contributed by atoms with Gasteiger partial charge < -0.3 is 18.2 Å². The molecule has 54 heavy (non-hydrogen) atoms. The first-order chi connectivity index (χ1) is 26.7. The number of rotatable bonds is 6. The molecule has 0 N–H and O–H groups in total. The molecule has 0 bridgehead atoms. The fraction of sp³-hybridized carbons (Fsp3) is 0. The number of hydrogen-bond acceptors (Lipinski definition) is 5. The van der Waals surface area contributed by atoms with E-state index in [9.17, 15) is 0 Å². The maximum absolute atomic E-state index is 6.56. The molecule has 0 atom stereocenters. The van der Waals surface area contributed by atoms with Crippen LogP contribution in [0.5, 0.6) is 0 Å². The Balaban J connectivity index is 1.11. The number of furan rings is 2. The van der Waals surface area contributed by atoms with E-state index in [1.165, 1.54) is 5.56 Å². The van der Waals surface area contributed by atoms with Gasteiger partial charge in [-0.05, 0) is 77.4 Å². The molecule has 11 rings (SSSR count). The minimum Gasteiger partial charge on any atom is -0.456 e. The number of anilines is 3. The highest BCUT2D eigenvalue weighted by atomic mass is 16.4. The Kier molecular flexibility index (Phi) is 6.79. The summed E-state index contributed by atoms with van der Waals surface area (Å²) >= 11 is 0. The lowest BCUT2D eigenvalue weighted by Crippen LogP contribution is -2.10. The third-order valence-corrected chi connectivity index (χ3v) is 10.3. The van der Waals surface area contributed by atoms with Gasteiger partial charge in [0.25, 0.3) is 0 Å². The maximum Gasteiger partial charge on any atom is 0.227 e. The summed E-state index contributed by atoms with van der Waals surface area (Å²) in [6.45, 7) is 0. The van der Waals surface area contributed by atoms with E-state index in [1.54, 1.807) is 0 Å². The van der Waals surface area contributed by atoms with Crippen LogP contribution in [-0.2, 0) is 0 Å². The van der Waals surface area contributed by atoms with Crippen LogP contribution >= 0.6 is 0 Å². The Morgan fingerprint density at radius 2 is 1.07 bits per heavy atom. The van der Waals surface area contributed by atoms with Gasteiger partial charge in [0, 0.05) is 44.7 Å². The van der Waals surface area contributed by atoms with Gasteiger partial charge in [-0.2, -0.15) is 0 Å². The summed E-state index contributed by atoms with van der Waals surface area (Å²) in [5.74, 6) is 0.583. The van der Waals surface area contributed by atoms with Crippen LogP contribution < -0.4 is 4.90 Å². The van der Waals surface area contributed by atoms with Gasteiger partial charge in [0.2, 0.25) is 5.89 Å². The number of aromatic nitrogens is 1. The topological polar surface area (TPSA) is 55.6 Å². The molecule has 0 aliphatic heterocycles. The van der Waals surface area contributed by atoms with Crippen LogP contribution in [0.4, 0.5) is 17.1 Å². The Labute approximate surface area is 309 Å². The largest absolute Gasteiger partial charge is 0.456 e. The van der Waals surface area contributed by atoms with E-state index in [0.29, 0.717) is 11.5 Å². The zero-order chi connectivity index (χ0) is 35.6. The lowest BCUT2D eigenvalue weighted by atomic mass is 10.0. The Bertz CT molecular complexity index is 3160. The second kappa shape index (κ2) is 12.1. The van der Waals surface area contributed by atoms with Gasteiger partial charge in [0.15, 0.2) is 5.58 Å². The molecule has 5 nitrogen and oxygen atoms in total. The fourth-order valence-corrected chi connectivity index (χ4v) is 7.77. The van der Waals surface area contributed by atoms with Crippen LogP contribution in [0.3, 0.4) is 0 Å². The quantitative estimate of drug-likeness (QED) is 0.173. The molecule has 0 radical (unpaired) electrons. The molecule has 0 amide bonds. The predicted octanol–water partition coefficient (Wildman–Crippen LogP) is 14.1. The highest BCUT2D eigenvalue weighted by Crippen LogP contribution is 2.45. The first-order valence-electron chi connectivity index (χ1n) is 18.0. The number of fused-ring (bicyclic) bond motifs is 7. The van der Waals surface area contributed by atoms with Crippen molar-refractivity contribution < 1.29 is 13.3 Å². The molecule has 254 valence electrons. The van der Waals surface area contributed by atoms with E-state index < -0.39 is 0 Å². The summed E-state index contributed by atoms with van der Waals surface area (Å²) in [6, 6.07) is 62.8. The summed E-state index contributed by atoms with van der Waals surface area (Å²) in [6.07, 6.45) is 0. The second-order valence-corrected chi connectivity index (χ2v) is 13.5. The average Bonchev–Trinajstić information content (AvgIpc) is 3.94. The Morgan fingerprint density at radius 1 is 0.389 bits per heavy atom. The van der Waals surface area contributed by atoms with Gasteiger partial charge in [-0.25, -0.2) is 4.98 Å². The molecule has 0 saturated heterocycles. The lowest BCUT2D eigenvalue weighted by Gasteiger charge is -2.27. The SMILES string of the molecule is c1ccc(-c2ccc(N(c3cccc(-c4cccc5c4oc4ccccc45)c3)c3cccc4oc5cc6nc(-c7ccccc7)oc6cc5c34)cc2)cc1. The molecule has 0 fully saturated rings. The summed E-state index contributed by atoms with van der Waals surface area (Å²) < 4.78 is 19.4. The molecule has 0 unspecified atom stereocenters. The molecule has 8 aromatic carbocycles. The zero-order valence-corrected chi connectivity index (χ0v) is 28.9. The van der Waals surface area contributed by atoms with Crippen molar-refractivity contribution in [2.45, 2.75) is 0 Å². The van der Waals surface area contributed by atoms with Crippen molar-refractivity contribution in [3.63, 3.8) is 0 Å². The number of benzene rings is 8. The minimum atomic E-state index is 0.583. The van der Waals surface area contributed by atoms with Crippen molar-refractivity contribution in [3.8, 4) is 33.7 Å². The average molecular weight is 695 g/mol. The van der Waals surface area contributed by atoms with Crippen molar-refractivity contribution >= 4 is 72.0 Å². The summed E-state index contributed by atoms with van der Waals surface area (Å²) in [4.78, 5) is 7.13. The molecule has 3 heterocycles. The van der Waals surface area contributed by atoms with E-state index in [4.69, 9.17) is 18.2 Å². The van der Waals surface area contributed by atoms with Crippen molar-refractivity contribution in [1.29, 1.82) is 0 Å². The van der Waals surface area contributed by atoms with Crippen LogP contribution in [0.15, 0.2) is 195 Å². The van der Waals surface area contributed by atoms with Crippen molar-refractivity contribution in [1.82, 2.24) is 4.98 Å². The van der Waals surface area contributed by atoms with E-state index in [1.807, 2.05) is 60.7 Å². The van der Waals surface area contributed by atoms with Gasteiger partial charge in [-0.1, -0.05) is 115 Å². The zero-order valence-electron chi connectivity index (χ0n) is 28.9. The van der Waals surface area contributed by atoms with Crippen molar-refractivity contribution in [2.75, 3.05) is 4.90 Å². The van der Waals surface area contributed by atoms with Crippen LogP contribution in [-0.4, -0.2) is 4.98 Å². The fourth-order valence-electron chi connectivity index (χ4n) is 7.77. The van der Waals surface area contributed by atoms with E-state index in [2.05, 4.69) is 126 Å². The first kappa shape index (κ1) is 30.3. The Hall–Kier alpha value is -7.37. The van der Waals surface area contributed by atoms with Crippen LogP contribution in [0.2, 0.25) is 0 Å². The smallest absolute Gasteiger partial charge is 0.227 e. The third kappa shape index (κ3) is 4.90. The minimum absolute atomic E-state index is 0.583. The van der Waals surface area contributed by atoms with Crippen molar-refractivity contribution in [2.24, 2.45) is 0 Å². The van der Waals surface area contributed by atoms with Gasteiger partial charge in [0.05, 0.1) is 11.1 Å². The normalized spacial score (nSPS) is 11.7. The first-order valence-corrected chi connectivity index (χ1v) is 18.0. The molecule has 11 aromatic rings. The van der Waals surface area contributed by atoms with Gasteiger partial charge in [-0.3, -0.25) is 0 Å². The molecular weight excluding hydrogens is 665 g/mol. The van der Waals surface area contributed by atoms with Crippen molar-refractivity contribution in [3.05, 3.63) is 182 Å². The molecular formula is C49H30N2O3. The monoisotopic (exact) mass is 694 g/mol. The molecule has 5 heteroatoms. The number of nitrogens with zero attached hydrogens (tertiary/aromatic N) is 2. The second-order valence-electron chi connectivity index (χ2n) is 13.5. The third-order valence-electron chi connectivity index (χ3n) is 10.3. The number of oxazole rings is 1. The number of para-hydroxylation sites is 2. The highest BCUT2D eigenvalue weighted by molar-refractivity contribution is 6.16. The standard InChI is InChI=1S/C49H30N2O3/c1-3-12-31(13-4-1)32-24-26-35(27-25-32)51(36-17-9-16-34(28-36)37-19-10-20-39-38-18-7-8-22-43(38)53-48(37)39)42-21-11-23-44-47(42)40-29-46-41(30-45(40)52-44)50-49(54-46)33-14-5-2-6-15-33/h1-30H. The van der Waals surface area contributed by atoms with E-state index >= 15 is 0 Å². The predicted molar refractivity (Wildman–Crippen MR) is 220 cm³/mol. The van der Waals surface area contributed by atoms with Crippen LogP contribution in [0.25, 0.3) is 88.7 Å². The molecule has 3 aromatic heterocycles. The van der Waals surface area contributed by atoms with Crippen LogP contribution in [0.1, 0.15) is 0 Å². The molecule has 0 aliphatic rings. The molecule has 0 saturated carbocycles. The molecule has 0 spiro atoms. The molecule has 0 aliphatic carbocycles. The van der Waals surface area contributed by atoms with Gasteiger partial charge in [-0.15, -0.1) is 0 Å². The van der Waals surface area contributed by atoms with Gasteiger partial charge >= 0.3 is 0 Å². The lowest BCUT2D eigenvalue weighted by molar-refractivity contribution is 0.620. The summed E-state index contributed by atoms with van der Waals surface area (Å²) in [7, 11) is 0. The number of hydrogen-bond donors (Lipinski definition) is 0. The highest BCUT2D eigenvalue weighted by Gasteiger charge is 2.22. The van der Waals surface area contributed by atoms with Crippen LogP contribution in [0, 0.1) is 0 Å². The van der Waals surface area contributed by atoms with Gasteiger partial charge in [0.1, 0.15) is 27.8 Å². The Morgan fingerprint density at radius 3 is 1.93 bits per heavy atom. The summed E-state index contributed by atoms with van der Waals surface area (Å²) in [5.41, 5.74) is 13.1.